The predicted octanol–water partition coefficient (Wildman–Crippen LogP) is 3.14. The van der Waals surface area contributed by atoms with Gasteiger partial charge >= 0.3 is 0 Å². The van der Waals surface area contributed by atoms with Gasteiger partial charge in [0.05, 0.1) is 11.9 Å². The van der Waals surface area contributed by atoms with E-state index in [1.54, 1.807) is 6.92 Å². The summed E-state index contributed by atoms with van der Waals surface area (Å²) in [5.41, 5.74) is 1.57. The van der Waals surface area contributed by atoms with Crippen molar-refractivity contribution >= 4 is 16.8 Å². The van der Waals surface area contributed by atoms with E-state index < -0.39 is 17.2 Å². The van der Waals surface area contributed by atoms with E-state index in [-0.39, 0.29) is 34.8 Å². The maximum atomic E-state index is 14.4. The molecule has 0 unspecified atom stereocenters. The number of aromatic amines is 1. The Hall–Kier alpha value is -3.06. The zero-order chi connectivity index (χ0) is 21.7. The number of hydrogen-bond acceptors (Lipinski definition) is 3. The van der Waals surface area contributed by atoms with E-state index in [4.69, 9.17) is 0 Å². The monoisotopic (exact) mass is 423 g/mol. The van der Waals surface area contributed by atoms with Crippen LogP contribution in [0.5, 0.6) is 0 Å². The second kappa shape index (κ2) is 7.57. The van der Waals surface area contributed by atoms with Crippen molar-refractivity contribution in [3.63, 3.8) is 0 Å². The number of carbonyl (C=O) groups is 1. The number of benzene rings is 2. The molecule has 1 aromatic heterocycles. The van der Waals surface area contributed by atoms with Crippen molar-refractivity contribution in [1.29, 1.82) is 0 Å². The zero-order valence-electron chi connectivity index (χ0n) is 17.2. The van der Waals surface area contributed by atoms with Crippen molar-refractivity contribution in [3.8, 4) is 0 Å². The van der Waals surface area contributed by atoms with Crippen LogP contribution >= 0.6 is 0 Å². The number of H-pyrrole nitrogens is 1. The van der Waals surface area contributed by atoms with Gasteiger partial charge in [-0.1, -0.05) is 30.3 Å². The summed E-state index contributed by atoms with van der Waals surface area (Å²) in [6, 6.07) is 13.0. The average molecular weight is 423 g/mol. The molecule has 2 aliphatic heterocycles. The van der Waals surface area contributed by atoms with Gasteiger partial charge in [-0.3, -0.25) is 14.5 Å². The highest BCUT2D eigenvalue weighted by molar-refractivity contribution is 5.86. The van der Waals surface area contributed by atoms with E-state index >= 15 is 0 Å². The first-order valence-electron chi connectivity index (χ1n) is 10.5. The molecule has 5 nitrogen and oxygen atoms in total. The Kier molecular flexibility index (Phi) is 4.85. The number of nitrogens with zero attached hydrogens (tertiary/aromatic N) is 2. The summed E-state index contributed by atoms with van der Waals surface area (Å²) >= 11 is 0. The number of likely N-dealkylation sites (tertiary alicyclic amines) is 2. The Bertz CT molecular complexity index is 1220. The molecule has 0 saturated carbocycles. The quantitative estimate of drug-likeness (QED) is 0.702. The number of nitrogens with one attached hydrogen (secondary N) is 1. The molecule has 1 amide bonds. The summed E-state index contributed by atoms with van der Waals surface area (Å²) in [5, 5.41) is 0.0272. The molecule has 31 heavy (non-hydrogen) atoms. The third-order valence-corrected chi connectivity index (χ3v) is 6.68. The summed E-state index contributed by atoms with van der Waals surface area (Å²) < 4.78 is 28.1. The number of aromatic nitrogens is 1. The van der Waals surface area contributed by atoms with Gasteiger partial charge in [0.1, 0.15) is 0 Å². The van der Waals surface area contributed by atoms with Crippen molar-refractivity contribution < 1.29 is 13.6 Å². The lowest BCUT2D eigenvalue weighted by Gasteiger charge is -2.34. The second-order valence-electron chi connectivity index (χ2n) is 8.52. The highest BCUT2D eigenvalue weighted by Crippen LogP contribution is 2.32. The minimum Gasteiger partial charge on any atom is -0.337 e. The molecule has 2 aliphatic rings. The topological polar surface area (TPSA) is 56.4 Å². The van der Waals surface area contributed by atoms with Crippen molar-refractivity contribution in [2.45, 2.75) is 38.4 Å². The smallest absolute Gasteiger partial charge is 0.252 e. The highest BCUT2D eigenvalue weighted by atomic mass is 19.2. The fraction of sp³-hybridized carbons (Fsp3) is 0.333. The lowest BCUT2D eigenvalue weighted by atomic mass is 10.0. The minimum absolute atomic E-state index is 0.0272. The molecule has 7 heteroatoms. The van der Waals surface area contributed by atoms with E-state index in [1.165, 1.54) is 11.6 Å². The average Bonchev–Trinajstić information content (AvgIpc) is 3.35. The molecule has 2 bridgehead atoms. The van der Waals surface area contributed by atoms with Gasteiger partial charge in [0, 0.05) is 42.7 Å². The normalized spacial score (nSPS) is 20.7. The third kappa shape index (κ3) is 3.43. The van der Waals surface area contributed by atoms with E-state index in [0.29, 0.717) is 18.2 Å². The Morgan fingerprint density at radius 1 is 1.10 bits per heavy atom. The van der Waals surface area contributed by atoms with Crippen LogP contribution in [-0.4, -0.2) is 45.9 Å². The summed E-state index contributed by atoms with van der Waals surface area (Å²) in [6.07, 6.45) is 0.806. The maximum absolute atomic E-state index is 14.4. The minimum atomic E-state index is -1.00. The molecule has 2 aromatic carbocycles. The van der Waals surface area contributed by atoms with E-state index in [1.807, 2.05) is 23.1 Å². The summed E-state index contributed by atoms with van der Waals surface area (Å²) in [4.78, 5) is 32.4. The van der Waals surface area contributed by atoms with Gasteiger partial charge in [-0.25, -0.2) is 8.78 Å². The zero-order valence-corrected chi connectivity index (χ0v) is 17.2. The molecule has 5 rings (SSSR count). The van der Waals surface area contributed by atoms with Gasteiger partial charge in [0.15, 0.2) is 11.6 Å². The summed E-state index contributed by atoms with van der Waals surface area (Å²) in [5.74, 6) is -2.12. The lowest BCUT2D eigenvalue weighted by Crippen LogP contribution is -2.49. The maximum Gasteiger partial charge on any atom is 0.252 e. The first-order chi connectivity index (χ1) is 14.9. The van der Waals surface area contributed by atoms with Gasteiger partial charge < -0.3 is 9.88 Å². The molecule has 0 spiro atoms. The van der Waals surface area contributed by atoms with Gasteiger partial charge in [0.2, 0.25) is 5.91 Å². The number of fused-ring (bicyclic) bond motifs is 3. The van der Waals surface area contributed by atoms with Crippen LogP contribution in [0.15, 0.2) is 47.3 Å². The number of rotatable bonds is 4. The van der Waals surface area contributed by atoms with Crippen LogP contribution in [0.25, 0.3) is 10.9 Å². The summed E-state index contributed by atoms with van der Waals surface area (Å²) in [7, 11) is 0. The first kappa shape index (κ1) is 19.9. The number of hydrogen-bond donors (Lipinski definition) is 1. The van der Waals surface area contributed by atoms with Crippen molar-refractivity contribution in [2.24, 2.45) is 0 Å². The highest BCUT2D eigenvalue weighted by Gasteiger charge is 2.44. The molecule has 3 aromatic rings. The van der Waals surface area contributed by atoms with Crippen molar-refractivity contribution in [3.05, 3.63) is 81.1 Å². The van der Waals surface area contributed by atoms with E-state index in [2.05, 4.69) is 22.0 Å². The molecule has 3 heterocycles. The number of halogens is 2. The Balaban J connectivity index is 1.34. The molecule has 2 fully saturated rings. The van der Waals surface area contributed by atoms with Gasteiger partial charge in [-0.15, -0.1) is 0 Å². The van der Waals surface area contributed by atoms with Gasteiger partial charge in [-0.05, 0) is 36.6 Å². The summed E-state index contributed by atoms with van der Waals surface area (Å²) in [6.45, 7) is 3.86. The van der Waals surface area contributed by atoms with Gasteiger partial charge in [-0.2, -0.15) is 0 Å². The van der Waals surface area contributed by atoms with E-state index in [9.17, 15) is 18.4 Å². The Morgan fingerprint density at radius 3 is 2.58 bits per heavy atom. The number of carbonyl (C=O) groups excluding carboxylic acids is 1. The number of aryl methyl sites for hydroxylation is 1. The third-order valence-electron chi connectivity index (χ3n) is 6.68. The molecule has 2 saturated heterocycles. The number of piperazine rings is 1. The largest absolute Gasteiger partial charge is 0.337 e. The molecule has 0 aliphatic carbocycles. The van der Waals surface area contributed by atoms with E-state index in [0.717, 1.165) is 25.6 Å². The van der Waals surface area contributed by atoms with Crippen LogP contribution < -0.4 is 5.56 Å². The van der Waals surface area contributed by atoms with Crippen LogP contribution in [-0.2, 0) is 17.8 Å². The molecule has 2 atom stereocenters. The van der Waals surface area contributed by atoms with Crippen molar-refractivity contribution in [2.75, 3.05) is 13.1 Å². The van der Waals surface area contributed by atoms with Crippen LogP contribution in [0.4, 0.5) is 8.78 Å². The Labute approximate surface area is 178 Å². The van der Waals surface area contributed by atoms with Crippen molar-refractivity contribution in [1.82, 2.24) is 14.8 Å². The first-order valence-corrected chi connectivity index (χ1v) is 10.5. The Morgan fingerprint density at radius 2 is 1.87 bits per heavy atom. The lowest BCUT2D eigenvalue weighted by molar-refractivity contribution is -0.132. The van der Waals surface area contributed by atoms with Crippen LogP contribution in [0.3, 0.4) is 0 Å². The molecular weight excluding hydrogens is 400 g/mol. The standard InChI is InChI=1S/C24H23F2N3O2/c1-14-18(24(31)27-20-8-7-19(25)23(26)22(14)20)10-21(30)29-13-16-9-17(29)12-28(16)11-15-5-3-2-4-6-15/h2-8,16-17H,9-13H2,1H3,(H,27,31)/t16-,17-/m0/s1. The predicted molar refractivity (Wildman–Crippen MR) is 114 cm³/mol. The number of pyridine rings is 1. The number of amides is 1. The van der Waals surface area contributed by atoms with Crippen LogP contribution in [0.1, 0.15) is 23.1 Å². The molecule has 0 radical (unpaired) electrons. The van der Waals surface area contributed by atoms with Crippen LogP contribution in [0, 0.1) is 18.6 Å². The van der Waals surface area contributed by atoms with Gasteiger partial charge in [0.25, 0.3) is 5.56 Å². The molecular formula is C24H23F2N3O2. The molecule has 1 N–H and O–H groups in total. The SMILES string of the molecule is Cc1c(CC(=O)N2C[C@@H]3C[C@H]2CN3Cc2ccccc2)c(=O)[nH]c2ccc(F)c(F)c12. The fourth-order valence-corrected chi connectivity index (χ4v) is 5.07. The van der Waals surface area contributed by atoms with Crippen LogP contribution in [0.2, 0.25) is 0 Å². The second-order valence-corrected chi connectivity index (χ2v) is 8.52. The molecule has 160 valence electrons. The fourth-order valence-electron chi connectivity index (χ4n) is 5.07.